The number of ether oxygens (including phenoxy) is 3. The molecule has 158 valence electrons. The fraction of sp³-hybridized carbons (Fsp3) is 0.300. The van der Waals surface area contributed by atoms with Gasteiger partial charge in [-0.1, -0.05) is 34.8 Å². The van der Waals surface area contributed by atoms with Crippen LogP contribution in [0, 0.1) is 10.1 Å². The quantitative estimate of drug-likeness (QED) is 0.436. The number of rotatable bonds is 5. The Labute approximate surface area is 187 Å². The van der Waals surface area contributed by atoms with Gasteiger partial charge in [-0.15, -0.1) is 0 Å². The van der Waals surface area contributed by atoms with Crippen molar-refractivity contribution in [2.45, 2.75) is 6.04 Å². The summed E-state index contributed by atoms with van der Waals surface area (Å²) < 4.78 is 17.1. The van der Waals surface area contributed by atoms with Crippen LogP contribution >= 0.6 is 34.8 Å². The third-order valence-corrected chi connectivity index (χ3v) is 5.62. The Hall–Kier alpha value is -2.03. The summed E-state index contributed by atoms with van der Waals surface area (Å²) in [6.07, 6.45) is 1.75. The second-order valence-electron chi connectivity index (χ2n) is 6.75. The topological polar surface area (TPSA) is 74.1 Å². The fourth-order valence-electron chi connectivity index (χ4n) is 3.55. The summed E-state index contributed by atoms with van der Waals surface area (Å²) in [6, 6.07) is 7.64. The summed E-state index contributed by atoms with van der Waals surface area (Å²) in [5, 5.41) is 12.7. The summed E-state index contributed by atoms with van der Waals surface area (Å²) in [5.41, 5.74) is 0.493. The van der Waals surface area contributed by atoms with Crippen LogP contribution in [0.1, 0.15) is 11.6 Å². The standard InChI is InChI=1S/C20H17Cl3N2O5/c21-12-1-2-17(15(23)10-12)29-6-3-18-19(24-4-7-28-8-5-24)14-9-13(22)11-16(25(26)27)20(14)30-18/h1-3,9-11,19H,4-8H2. The molecule has 30 heavy (non-hydrogen) atoms. The molecule has 1 unspecified atom stereocenters. The molecule has 2 aliphatic rings. The highest BCUT2D eigenvalue weighted by Gasteiger charge is 2.39. The Morgan fingerprint density at radius 2 is 1.93 bits per heavy atom. The van der Waals surface area contributed by atoms with Crippen LogP contribution in [0.4, 0.5) is 5.69 Å². The number of nitro benzene ring substituents is 1. The number of benzene rings is 2. The largest absolute Gasteiger partial charge is 0.488 e. The Kier molecular flexibility index (Phi) is 6.36. The molecule has 1 atom stereocenters. The first-order chi connectivity index (χ1) is 14.4. The number of nitrogens with zero attached hydrogens (tertiary/aromatic N) is 2. The highest BCUT2D eigenvalue weighted by Crippen LogP contribution is 2.49. The minimum absolute atomic E-state index is 0.160. The summed E-state index contributed by atoms with van der Waals surface area (Å²) in [7, 11) is 0. The summed E-state index contributed by atoms with van der Waals surface area (Å²) in [5.74, 6) is 1.23. The van der Waals surface area contributed by atoms with Gasteiger partial charge < -0.3 is 14.2 Å². The molecule has 0 aliphatic carbocycles. The molecule has 0 bridgehead atoms. The van der Waals surface area contributed by atoms with Crippen molar-refractivity contribution in [1.82, 2.24) is 4.90 Å². The average molecular weight is 472 g/mol. The first-order valence-corrected chi connectivity index (χ1v) is 10.3. The van der Waals surface area contributed by atoms with Crippen molar-refractivity contribution in [2.75, 3.05) is 32.9 Å². The van der Waals surface area contributed by atoms with E-state index in [0.717, 1.165) is 0 Å². The summed E-state index contributed by atoms with van der Waals surface area (Å²) in [4.78, 5) is 13.2. The van der Waals surface area contributed by atoms with Crippen molar-refractivity contribution in [3.63, 3.8) is 0 Å². The Balaban J connectivity index is 1.64. The zero-order chi connectivity index (χ0) is 21.3. The molecule has 2 aromatic carbocycles. The Bertz CT molecular complexity index is 1010. The summed E-state index contributed by atoms with van der Waals surface area (Å²) >= 11 is 18.2. The van der Waals surface area contributed by atoms with Gasteiger partial charge in [-0.3, -0.25) is 15.0 Å². The first-order valence-electron chi connectivity index (χ1n) is 9.19. The van der Waals surface area contributed by atoms with E-state index in [2.05, 4.69) is 4.90 Å². The molecule has 7 nitrogen and oxygen atoms in total. The zero-order valence-electron chi connectivity index (χ0n) is 15.6. The van der Waals surface area contributed by atoms with Crippen molar-refractivity contribution in [1.29, 1.82) is 0 Å². The van der Waals surface area contributed by atoms with Crippen LogP contribution < -0.4 is 9.47 Å². The van der Waals surface area contributed by atoms with Crippen molar-refractivity contribution in [3.8, 4) is 11.5 Å². The monoisotopic (exact) mass is 470 g/mol. The number of nitro groups is 1. The van der Waals surface area contributed by atoms with Crippen LogP contribution in [0.3, 0.4) is 0 Å². The van der Waals surface area contributed by atoms with Crippen LogP contribution in [0.2, 0.25) is 15.1 Å². The number of halogens is 3. The van der Waals surface area contributed by atoms with Crippen molar-refractivity contribution >= 4 is 40.5 Å². The molecule has 0 spiro atoms. The van der Waals surface area contributed by atoms with E-state index in [4.69, 9.17) is 49.0 Å². The van der Waals surface area contributed by atoms with E-state index in [1.807, 2.05) is 0 Å². The molecule has 2 heterocycles. The van der Waals surface area contributed by atoms with Crippen molar-refractivity contribution < 1.29 is 19.1 Å². The molecule has 4 rings (SSSR count). The third-order valence-electron chi connectivity index (χ3n) is 4.87. The molecule has 10 heteroatoms. The van der Waals surface area contributed by atoms with Gasteiger partial charge in [0.25, 0.3) is 0 Å². The second kappa shape index (κ2) is 8.99. The van der Waals surface area contributed by atoms with Crippen LogP contribution in [0.5, 0.6) is 11.5 Å². The molecule has 0 aromatic heterocycles. The van der Waals surface area contributed by atoms with Crippen LogP contribution in [0.15, 0.2) is 42.2 Å². The molecular weight excluding hydrogens is 455 g/mol. The minimum Gasteiger partial charge on any atom is -0.488 e. The third kappa shape index (κ3) is 4.36. The molecule has 1 saturated heterocycles. The normalized spacial score (nSPS) is 20.1. The lowest BCUT2D eigenvalue weighted by atomic mass is 10.0. The SMILES string of the molecule is O=[N+]([O-])c1cc(Cl)cc2c1OC(=CCOc1ccc(Cl)cc1Cl)C2N1CCOCC1. The Morgan fingerprint density at radius 3 is 2.63 bits per heavy atom. The number of morpholine rings is 1. The lowest BCUT2D eigenvalue weighted by Gasteiger charge is -2.32. The lowest BCUT2D eigenvalue weighted by Crippen LogP contribution is -2.39. The molecule has 2 aromatic rings. The van der Waals surface area contributed by atoms with Gasteiger partial charge in [0.2, 0.25) is 5.75 Å². The van der Waals surface area contributed by atoms with Crippen LogP contribution in [-0.4, -0.2) is 42.7 Å². The molecule has 0 N–H and O–H groups in total. The average Bonchev–Trinajstić information content (AvgIpc) is 3.07. The van der Waals surface area contributed by atoms with Gasteiger partial charge in [0, 0.05) is 34.8 Å². The number of hydrogen-bond donors (Lipinski definition) is 0. The smallest absolute Gasteiger partial charge is 0.313 e. The zero-order valence-corrected chi connectivity index (χ0v) is 17.9. The van der Waals surface area contributed by atoms with Gasteiger partial charge in [-0.25, -0.2) is 0 Å². The van der Waals surface area contributed by atoms with Crippen LogP contribution in [0.25, 0.3) is 0 Å². The van der Waals surface area contributed by atoms with E-state index in [1.54, 1.807) is 30.3 Å². The van der Waals surface area contributed by atoms with E-state index < -0.39 is 4.92 Å². The van der Waals surface area contributed by atoms with E-state index in [9.17, 15) is 10.1 Å². The molecule has 0 saturated carbocycles. The minimum atomic E-state index is -0.492. The molecule has 0 radical (unpaired) electrons. The maximum absolute atomic E-state index is 11.5. The van der Waals surface area contributed by atoms with Crippen molar-refractivity contribution in [3.05, 3.63) is 72.9 Å². The molecular formula is C20H17Cl3N2O5. The van der Waals surface area contributed by atoms with E-state index in [0.29, 0.717) is 53.4 Å². The van der Waals surface area contributed by atoms with Gasteiger partial charge in [-0.2, -0.15) is 0 Å². The molecule has 0 amide bonds. The van der Waals surface area contributed by atoms with E-state index >= 15 is 0 Å². The maximum Gasteiger partial charge on any atom is 0.313 e. The van der Waals surface area contributed by atoms with Gasteiger partial charge >= 0.3 is 5.69 Å². The lowest BCUT2D eigenvalue weighted by molar-refractivity contribution is -0.385. The number of hydrogen-bond acceptors (Lipinski definition) is 6. The Morgan fingerprint density at radius 1 is 1.17 bits per heavy atom. The number of fused-ring (bicyclic) bond motifs is 1. The predicted molar refractivity (Wildman–Crippen MR) is 114 cm³/mol. The second-order valence-corrected chi connectivity index (χ2v) is 8.03. The van der Waals surface area contributed by atoms with Gasteiger partial charge in [0.15, 0.2) is 0 Å². The summed E-state index contributed by atoms with van der Waals surface area (Å²) in [6.45, 7) is 2.62. The highest BCUT2D eigenvalue weighted by molar-refractivity contribution is 6.35. The highest BCUT2D eigenvalue weighted by atomic mass is 35.5. The van der Waals surface area contributed by atoms with Gasteiger partial charge in [0.1, 0.15) is 18.1 Å². The fourth-order valence-corrected chi connectivity index (χ4v) is 4.23. The molecule has 2 aliphatic heterocycles. The predicted octanol–water partition coefficient (Wildman–Crippen LogP) is 5.28. The van der Waals surface area contributed by atoms with Crippen LogP contribution in [-0.2, 0) is 4.74 Å². The maximum atomic E-state index is 11.5. The van der Waals surface area contributed by atoms with Gasteiger partial charge in [0.05, 0.1) is 29.2 Å². The van der Waals surface area contributed by atoms with Crippen molar-refractivity contribution in [2.24, 2.45) is 0 Å². The molecule has 1 fully saturated rings. The van der Waals surface area contributed by atoms with E-state index in [-0.39, 0.29) is 29.1 Å². The van der Waals surface area contributed by atoms with Gasteiger partial charge in [-0.05, 0) is 30.3 Å². The first kappa shape index (κ1) is 21.2. The van der Waals surface area contributed by atoms with E-state index in [1.165, 1.54) is 6.07 Å².